The lowest BCUT2D eigenvalue weighted by Crippen LogP contribution is -2.07. The number of rotatable bonds is 1. The summed E-state index contributed by atoms with van der Waals surface area (Å²) in [7, 11) is 0. The number of hydrogen-bond donors (Lipinski definition) is 0. The molecule has 0 aliphatic heterocycles. The molecule has 70 valence electrons. The van der Waals surface area contributed by atoms with E-state index < -0.39 is 17.1 Å². The van der Waals surface area contributed by atoms with Gasteiger partial charge in [-0.1, -0.05) is 26.8 Å². The Kier molecular flexibility index (Phi) is 3.62. The first-order valence-corrected chi connectivity index (χ1v) is 3.99. The summed E-state index contributed by atoms with van der Waals surface area (Å²) in [5, 5.41) is 0. The van der Waals surface area contributed by atoms with E-state index in [4.69, 9.17) is 0 Å². The topological polar surface area (TPSA) is 0 Å². The normalized spacial score (nSPS) is 16.1. The quantitative estimate of drug-likeness (QED) is 0.524. The fourth-order valence-electron chi connectivity index (χ4n) is 0.629. The molecule has 0 amide bonds. The molecule has 0 saturated heterocycles. The van der Waals surface area contributed by atoms with Crippen molar-refractivity contribution in [3.05, 3.63) is 23.3 Å². The molecule has 0 spiro atoms. The van der Waals surface area contributed by atoms with Crippen LogP contribution in [-0.2, 0) is 0 Å². The molecule has 0 atom stereocenters. The molecule has 0 nitrogen and oxygen atoms in total. The van der Waals surface area contributed by atoms with Crippen LogP contribution in [0.2, 0.25) is 0 Å². The van der Waals surface area contributed by atoms with Crippen molar-refractivity contribution in [1.29, 1.82) is 0 Å². The molecule has 0 saturated carbocycles. The van der Waals surface area contributed by atoms with Crippen LogP contribution in [0.4, 0.5) is 8.78 Å². The van der Waals surface area contributed by atoms with Crippen LogP contribution in [0.25, 0.3) is 0 Å². The zero-order valence-electron chi connectivity index (χ0n) is 8.33. The monoisotopic (exact) mass is 174 g/mol. The Labute approximate surface area is 73.0 Å². The van der Waals surface area contributed by atoms with E-state index in [9.17, 15) is 8.78 Å². The Morgan fingerprint density at radius 3 is 1.83 bits per heavy atom. The van der Waals surface area contributed by atoms with Gasteiger partial charge in [0.2, 0.25) is 0 Å². The molecule has 12 heavy (non-hydrogen) atoms. The van der Waals surface area contributed by atoms with Gasteiger partial charge in [-0.15, -0.1) is 0 Å². The summed E-state index contributed by atoms with van der Waals surface area (Å²) in [6, 6.07) is 0. The van der Waals surface area contributed by atoms with Gasteiger partial charge < -0.3 is 0 Å². The van der Waals surface area contributed by atoms with Crippen LogP contribution in [0.3, 0.4) is 0 Å². The molecule has 2 heteroatoms. The van der Waals surface area contributed by atoms with Crippen LogP contribution in [0.5, 0.6) is 0 Å². The fraction of sp³-hybridized carbons (Fsp3) is 0.600. The molecule has 0 fully saturated rings. The second-order valence-electron chi connectivity index (χ2n) is 3.85. The lowest BCUT2D eigenvalue weighted by atomic mass is 9.93. The minimum absolute atomic E-state index is 0.349. The van der Waals surface area contributed by atoms with Crippen molar-refractivity contribution in [2.75, 3.05) is 0 Å². The molecule has 0 heterocycles. The average Bonchev–Trinajstić information content (AvgIpc) is 1.98. The summed E-state index contributed by atoms with van der Waals surface area (Å²) in [4.78, 5) is 0. The van der Waals surface area contributed by atoms with Gasteiger partial charge in [-0.25, -0.2) is 8.78 Å². The highest BCUT2D eigenvalue weighted by Crippen LogP contribution is 2.32. The molecule has 0 aliphatic rings. The lowest BCUT2D eigenvalue weighted by molar-refractivity contribution is 0.358. The number of halogens is 2. The van der Waals surface area contributed by atoms with Crippen molar-refractivity contribution in [3.63, 3.8) is 0 Å². The van der Waals surface area contributed by atoms with E-state index in [0.717, 1.165) is 0 Å². The molecule has 0 radical (unpaired) electrons. The molecule has 0 N–H and O–H groups in total. The molecule has 0 aliphatic carbocycles. The van der Waals surface area contributed by atoms with Gasteiger partial charge in [-0.3, -0.25) is 0 Å². The molecule has 0 aromatic rings. The highest BCUT2D eigenvalue weighted by Gasteiger charge is 2.22. The van der Waals surface area contributed by atoms with Crippen molar-refractivity contribution in [2.45, 2.75) is 34.6 Å². The summed E-state index contributed by atoms with van der Waals surface area (Å²) in [5.74, 6) is -1.41. The van der Waals surface area contributed by atoms with Crippen molar-refractivity contribution >= 4 is 0 Å². The molecular weight excluding hydrogens is 158 g/mol. The van der Waals surface area contributed by atoms with E-state index in [1.807, 2.05) is 0 Å². The summed E-state index contributed by atoms with van der Waals surface area (Å²) in [6.45, 7) is 8.17. The van der Waals surface area contributed by atoms with E-state index in [1.165, 1.54) is 0 Å². The van der Waals surface area contributed by atoms with E-state index in [0.29, 0.717) is 5.57 Å². The SMILES string of the molecule is C/C=C(C)\C(F)=C(\F)C(C)(C)C. The first-order valence-electron chi connectivity index (χ1n) is 3.99. The Morgan fingerprint density at radius 2 is 1.58 bits per heavy atom. The van der Waals surface area contributed by atoms with Gasteiger partial charge in [-0.05, 0) is 19.4 Å². The molecular formula is C10H16F2. The van der Waals surface area contributed by atoms with Crippen molar-refractivity contribution in [2.24, 2.45) is 5.41 Å². The van der Waals surface area contributed by atoms with Crippen molar-refractivity contribution in [1.82, 2.24) is 0 Å². The summed E-state index contributed by atoms with van der Waals surface area (Å²) >= 11 is 0. The van der Waals surface area contributed by atoms with Gasteiger partial charge in [0.15, 0.2) is 5.83 Å². The van der Waals surface area contributed by atoms with Gasteiger partial charge >= 0.3 is 0 Å². The Balaban J connectivity index is 4.96. The third-order valence-electron chi connectivity index (χ3n) is 1.63. The fourth-order valence-corrected chi connectivity index (χ4v) is 0.629. The molecule has 0 unspecified atom stereocenters. The van der Waals surface area contributed by atoms with Crippen LogP contribution in [0.15, 0.2) is 23.3 Å². The van der Waals surface area contributed by atoms with Gasteiger partial charge in [0.05, 0.1) is 0 Å². The largest absolute Gasteiger partial charge is 0.208 e. The standard InChI is InChI=1S/C10H16F2/c1-6-7(2)8(11)9(12)10(3,4)5/h6H,1-5H3/b7-6-,9-8-. The number of hydrogen-bond acceptors (Lipinski definition) is 0. The van der Waals surface area contributed by atoms with Crippen LogP contribution in [0, 0.1) is 5.41 Å². The van der Waals surface area contributed by atoms with Gasteiger partial charge in [0.25, 0.3) is 0 Å². The second-order valence-corrected chi connectivity index (χ2v) is 3.85. The maximum absolute atomic E-state index is 13.2. The van der Waals surface area contributed by atoms with E-state index in [2.05, 4.69) is 0 Å². The molecule has 0 rings (SSSR count). The Morgan fingerprint density at radius 1 is 1.17 bits per heavy atom. The molecule has 0 aromatic carbocycles. The summed E-state index contributed by atoms with van der Waals surface area (Å²) < 4.78 is 26.3. The molecule has 0 aromatic heterocycles. The van der Waals surface area contributed by atoms with Gasteiger partial charge in [0.1, 0.15) is 5.83 Å². The van der Waals surface area contributed by atoms with Crippen molar-refractivity contribution < 1.29 is 8.78 Å². The van der Waals surface area contributed by atoms with Crippen LogP contribution < -0.4 is 0 Å². The first kappa shape index (κ1) is 11.3. The van der Waals surface area contributed by atoms with Crippen molar-refractivity contribution in [3.8, 4) is 0 Å². The van der Waals surface area contributed by atoms with E-state index in [1.54, 1.807) is 40.7 Å². The highest BCUT2D eigenvalue weighted by atomic mass is 19.2. The molecule has 0 bridgehead atoms. The Hall–Kier alpha value is -0.660. The first-order chi connectivity index (χ1) is 5.30. The maximum Gasteiger partial charge on any atom is 0.157 e. The van der Waals surface area contributed by atoms with Gasteiger partial charge in [-0.2, -0.15) is 0 Å². The van der Waals surface area contributed by atoms with Crippen LogP contribution in [0.1, 0.15) is 34.6 Å². The number of allylic oxidation sites excluding steroid dienone is 4. The zero-order chi connectivity index (χ0) is 9.94. The summed E-state index contributed by atoms with van der Waals surface area (Å²) in [6.07, 6.45) is 1.56. The van der Waals surface area contributed by atoms with Crippen LogP contribution >= 0.6 is 0 Å². The maximum atomic E-state index is 13.2. The lowest BCUT2D eigenvalue weighted by Gasteiger charge is -2.16. The minimum Gasteiger partial charge on any atom is -0.208 e. The van der Waals surface area contributed by atoms with E-state index >= 15 is 0 Å². The summed E-state index contributed by atoms with van der Waals surface area (Å²) in [5.41, 5.74) is -0.392. The predicted octanol–water partition coefficient (Wildman–Crippen LogP) is 4.15. The highest BCUT2D eigenvalue weighted by molar-refractivity contribution is 5.27. The Bertz CT molecular complexity index is 216. The van der Waals surface area contributed by atoms with Gasteiger partial charge in [0, 0.05) is 5.41 Å². The average molecular weight is 174 g/mol. The second kappa shape index (κ2) is 3.83. The predicted molar refractivity (Wildman–Crippen MR) is 48.1 cm³/mol. The third-order valence-corrected chi connectivity index (χ3v) is 1.63. The third kappa shape index (κ3) is 2.76. The van der Waals surface area contributed by atoms with Crippen LogP contribution in [-0.4, -0.2) is 0 Å². The zero-order valence-corrected chi connectivity index (χ0v) is 8.33. The van der Waals surface area contributed by atoms with E-state index in [-0.39, 0.29) is 0 Å². The smallest absolute Gasteiger partial charge is 0.157 e. The minimum atomic E-state index is -0.742.